The van der Waals surface area contributed by atoms with E-state index in [0.717, 1.165) is 5.56 Å². The van der Waals surface area contributed by atoms with Crippen molar-refractivity contribution in [1.29, 1.82) is 0 Å². The van der Waals surface area contributed by atoms with Crippen molar-refractivity contribution in [3.63, 3.8) is 0 Å². The summed E-state index contributed by atoms with van der Waals surface area (Å²) in [6.45, 7) is 0.797. The highest BCUT2D eigenvalue weighted by Crippen LogP contribution is 2.11. The lowest BCUT2D eigenvalue weighted by molar-refractivity contribution is 0.0950. The van der Waals surface area contributed by atoms with Gasteiger partial charge in [-0.05, 0) is 48.4 Å². The summed E-state index contributed by atoms with van der Waals surface area (Å²) >= 11 is 0. The van der Waals surface area contributed by atoms with Gasteiger partial charge in [-0.25, -0.2) is 17.9 Å². The predicted octanol–water partition coefficient (Wildman–Crippen LogP) is 1.54. The predicted molar refractivity (Wildman–Crippen MR) is 123 cm³/mol. The molecule has 0 unspecified atom stereocenters. The molecule has 0 spiro atoms. The van der Waals surface area contributed by atoms with E-state index in [0.29, 0.717) is 36.7 Å². The minimum Gasteiger partial charge on any atom is -0.368 e. The minimum absolute atomic E-state index is 0.0162. The molecule has 0 saturated carbocycles. The van der Waals surface area contributed by atoms with Gasteiger partial charge in [0.15, 0.2) is 11.5 Å². The second kappa shape index (κ2) is 9.93. The maximum Gasteiger partial charge on any atom is 0.254 e. The van der Waals surface area contributed by atoms with Crippen molar-refractivity contribution in [2.24, 2.45) is 5.14 Å². The number of carbonyl (C=O) groups excluding carboxylic acids is 1. The third-order valence-corrected chi connectivity index (χ3v) is 5.98. The van der Waals surface area contributed by atoms with Gasteiger partial charge in [0.2, 0.25) is 10.0 Å². The SMILES string of the molecule is NS(=O)(=O)c1ccc(CCNc2ccc3nnc(CCNC(=O)c4ccccc4F)n3n2)cc1. The van der Waals surface area contributed by atoms with E-state index in [1.165, 1.54) is 30.3 Å². The van der Waals surface area contributed by atoms with Gasteiger partial charge in [0.05, 0.1) is 10.5 Å². The number of nitrogens with one attached hydrogen (secondary N) is 2. The van der Waals surface area contributed by atoms with Crippen LogP contribution >= 0.6 is 0 Å². The molecule has 10 nitrogen and oxygen atoms in total. The number of fused-ring (bicyclic) bond motifs is 1. The molecule has 176 valence electrons. The fourth-order valence-electron chi connectivity index (χ4n) is 3.29. The van der Waals surface area contributed by atoms with E-state index >= 15 is 0 Å². The number of aromatic nitrogens is 4. The molecule has 2 heterocycles. The van der Waals surface area contributed by atoms with Crippen LogP contribution in [0.4, 0.5) is 10.2 Å². The number of hydrogen-bond donors (Lipinski definition) is 3. The van der Waals surface area contributed by atoms with Crippen molar-refractivity contribution in [3.8, 4) is 0 Å². The first-order chi connectivity index (χ1) is 16.3. The number of nitrogens with two attached hydrogens (primary N) is 1. The number of anilines is 1. The highest BCUT2D eigenvalue weighted by Gasteiger charge is 2.12. The highest BCUT2D eigenvalue weighted by atomic mass is 32.2. The molecule has 0 saturated heterocycles. The molecule has 4 N–H and O–H groups in total. The zero-order valence-corrected chi connectivity index (χ0v) is 18.8. The molecule has 2 aromatic heterocycles. The van der Waals surface area contributed by atoms with Crippen LogP contribution in [0.2, 0.25) is 0 Å². The van der Waals surface area contributed by atoms with Crippen LogP contribution in [0.25, 0.3) is 5.65 Å². The third kappa shape index (κ3) is 5.53. The Labute approximate surface area is 195 Å². The van der Waals surface area contributed by atoms with E-state index in [1.54, 1.807) is 34.8 Å². The van der Waals surface area contributed by atoms with Crippen LogP contribution in [0.15, 0.2) is 65.6 Å². The summed E-state index contributed by atoms with van der Waals surface area (Å²) in [6.07, 6.45) is 0.996. The molecule has 0 aliphatic heterocycles. The number of rotatable bonds is 9. The molecule has 0 radical (unpaired) electrons. The first-order valence-corrected chi connectivity index (χ1v) is 12.0. The third-order valence-electron chi connectivity index (χ3n) is 5.05. The Morgan fingerprint density at radius 3 is 2.47 bits per heavy atom. The molecule has 12 heteroatoms. The molecule has 1 amide bonds. The van der Waals surface area contributed by atoms with Gasteiger partial charge in [-0.2, -0.15) is 4.52 Å². The molecular weight excluding hydrogens is 461 g/mol. The molecule has 2 aromatic carbocycles. The summed E-state index contributed by atoms with van der Waals surface area (Å²) in [5.41, 5.74) is 1.48. The van der Waals surface area contributed by atoms with Crippen molar-refractivity contribution in [3.05, 3.63) is 83.4 Å². The van der Waals surface area contributed by atoms with Crippen LogP contribution < -0.4 is 15.8 Å². The normalized spacial score (nSPS) is 11.5. The van der Waals surface area contributed by atoms with Gasteiger partial charge in [0, 0.05) is 19.5 Å². The first-order valence-electron chi connectivity index (χ1n) is 10.4. The van der Waals surface area contributed by atoms with E-state index in [1.807, 2.05) is 0 Å². The van der Waals surface area contributed by atoms with Gasteiger partial charge in [-0.15, -0.1) is 15.3 Å². The van der Waals surface area contributed by atoms with E-state index < -0.39 is 21.7 Å². The van der Waals surface area contributed by atoms with Crippen molar-refractivity contribution in [2.45, 2.75) is 17.7 Å². The smallest absolute Gasteiger partial charge is 0.254 e. The average Bonchev–Trinajstić information content (AvgIpc) is 3.21. The van der Waals surface area contributed by atoms with Gasteiger partial charge in [0.25, 0.3) is 5.91 Å². The molecule has 0 atom stereocenters. The maximum absolute atomic E-state index is 13.7. The summed E-state index contributed by atoms with van der Waals surface area (Å²) in [7, 11) is -3.71. The number of halogens is 1. The lowest BCUT2D eigenvalue weighted by Gasteiger charge is -2.08. The van der Waals surface area contributed by atoms with Crippen LogP contribution in [0.5, 0.6) is 0 Å². The van der Waals surface area contributed by atoms with E-state index in [-0.39, 0.29) is 17.0 Å². The summed E-state index contributed by atoms with van der Waals surface area (Å²) in [5, 5.41) is 23.7. The quantitative estimate of drug-likeness (QED) is 0.327. The molecule has 4 rings (SSSR count). The van der Waals surface area contributed by atoms with E-state index in [9.17, 15) is 17.6 Å². The van der Waals surface area contributed by atoms with Gasteiger partial charge >= 0.3 is 0 Å². The number of amides is 1. The van der Waals surface area contributed by atoms with Crippen molar-refractivity contribution in [2.75, 3.05) is 18.4 Å². The van der Waals surface area contributed by atoms with Crippen molar-refractivity contribution < 1.29 is 17.6 Å². The number of nitrogens with zero attached hydrogens (tertiary/aromatic N) is 4. The molecule has 0 bridgehead atoms. The number of benzene rings is 2. The summed E-state index contributed by atoms with van der Waals surface area (Å²) < 4.78 is 38.0. The Hall–Kier alpha value is -3.90. The first kappa shape index (κ1) is 23.3. The molecule has 0 aliphatic carbocycles. The monoisotopic (exact) mass is 483 g/mol. The lowest BCUT2D eigenvalue weighted by atomic mass is 10.1. The van der Waals surface area contributed by atoms with E-state index in [2.05, 4.69) is 25.9 Å². The number of primary sulfonamides is 1. The standard InChI is InChI=1S/C22H22FN7O3S/c23-18-4-2-1-3-17(18)22(31)26-14-12-21-28-27-20-10-9-19(29-30(20)21)25-13-11-15-5-7-16(8-6-15)34(24,32)33/h1-10H,11-14H2,(H,25,29)(H,26,31)(H2,24,32,33). The van der Waals surface area contributed by atoms with E-state index in [4.69, 9.17) is 5.14 Å². The molecule has 4 aromatic rings. The van der Waals surface area contributed by atoms with Gasteiger partial charge in [-0.1, -0.05) is 24.3 Å². The molecule has 0 fully saturated rings. The highest BCUT2D eigenvalue weighted by molar-refractivity contribution is 7.89. The fraction of sp³-hybridized carbons (Fsp3) is 0.182. The summed E-state index contributed by atoms with van der Waals surface area (Å²) in [6, 6.07) is 15.7. The maximum atomic E-state index is 13.7. The minimum atomic E-state index is -3.71. The number of hydrogen-bond acceptors (Lipinski definition) is 7. The Morgan fingerprint density at radius 1 is 0.971 bits per heavy atom. The molecule has 34 heavy (non-hydrogen) atoms. The molecular formula is C22H22FN7O3S. The summed E-state index contributed by atoms with van der Waals surface area (Å²) in [5.74, 6) is 0.0705. The number of carbonyl (C=O) groups is 1. The second-order valence-corrected chi connectivity index (χ2v) is 9.02. The van der Waals surface area contributed by atoms with Crippen LogP contribution in [-0.2, 0) is 22.9 Å². The molecule has 0 aliphatic rings. The van der Waals surface area contributed by atoms with Crippen LogP contribution in [0.3, 0.4) is 0 Å². The largest absolute Gasteiger partial charge is 0.368 e. The van der Waals surface area contributed by atoms with Gasteiger partial charge < -0.3 is 10.6 Å². The Bertz CT molecular complexity index is 1420. The Kier molecular flexibility index (Phi) is 6.80. The topological polar surface area (TPSA) is 144 Å². The second-order valence-electron chi connectivity index (χ2n) is 7.46. The summed E-state index contributed by atoms with van der Waals surface area (Å²) in [4.78, 5) is 12.2. The Balaban J connectivity index is 1.34. The van der Waals surface area contributed by atoms with Crippen LogP contribution in [0, 0.1) is 5.82 Å². The van der Waals surface area contributed by atoms with Gasteiger partial charge in [-0.3, -0.25) is 4.79 Å². The van der Waals surface area contributed by atoms with Crippen LogP contribution in [-0.4, -0.2) is 47.2 Å². The zero-order chi connectivity index (χ0) is 24.1. The average molecular weight is 484 g/mol. The number of sulfonamides is 1. The fourth-order valence-corrected chi connectivity index (χ4v) is 3.81. The van der Waals surface area contributed by atoms with Crippen LogP contribution in [0.1, 0.15) is 21.7 Å². The van der Waals surface area contributed by atoms with Crippen molar-refractivity contribution in [1.82, 2.24) is 25.1 Å². The lowest BCUT2D eigenvalue weighted by Crippen LogP contribution is -2.27. The Morgan fingerprint density at radius 2 is 1.74 bits per heavy atom. The zero-order valence-electron chi connectivity index (χ0n) is 18.0. The van der Waals surface area contributed by atoms with Gasteiger partial charge in [0.1, 0.15) is 11.6 Å². The van der Waals surface area contributed by atoms with Crippen molar-refractivity contribution >= 4 is 27.4 Å².